The first kappa shape index (κ1) is 20.2. The van der Waals surface area contributed by atoms with Gasteiger partial charge in [0.25, 0.3) is 0 Å². The van der Waals surface area contributed by atoms with Gasteiger partial charge in [-0.3, -0.25) is 0 Å². The molecule has 7 aliphatic rings. The molecule has 4 nitrogen and oxygen atoms in total. The molecule has 2 aromatic carbocycles. The van der Waals surface area contributed by atoms with Crippen LogP contribution in [-0.4, -0.2) is 31.4 Å². The predicted molar refractivity (Wildman–Crippen MR) is 130 cm³/mol. The maximum Gasteiger partial charge on any atom is 0.165 e. The molecule has 2 aliphatic heterocycles. The van der Waals surface area contributed by atoms with Crippen LogP contribution in [0.4, 0.5) is 0 Å². The second-order valence-electron chi connectivity index (χ2n) is 12.0. The molecule has 0 radical (unpaired) electrons. The molecule has 2 heterocycles. The molecule has 178 valence electrons. The van der Waals surface area contributed by atoms with Crippen molar-refractivity contribution in [2.24, 2.45) is 17.3 Å². The van der Waals surface area contributed by atoms with E-state index >= 15 is 0 Å². The van der Waals surface area contributed by atoms with Crippen LogP contribution in [0.25, 0.3) is 0 Å². The standard InChI is InChI=1S/C30H35NO3/c1-32-23-10-9-22-15-24-28-13-11-21(12-14-28)27-30(28,25(22)26(23)34-27)29(18-31-24,16-19-7-8-19)33-17-20-5-3-2-4-6-20/h2-6,9-10,19,21,24,27,31H,7-8,11-18H2,1H3. The summed E-state index contributed by atoms with van der Waals surface area (Å²) in [7, 11) is 1.79. The Labute approximate surface area is 202 Å². The molecule has 4 heteroatoms. The van der Waals surface area contributed by atoms with E-state index in [0.717, 1.165) is 36.8 Å². The van der Waals surface area contributed by atoms with E-state index in [-0.39, 0.29) is 22.5 Å². The summed E-state index contributed by atoms with van der Waals surface area (Å²) in [5, 5.41) is 4.12. The number of rotatable bonds is 6. The van der Waals surface area contributed by atoms with Gasteiger partial charge in [0.2, 0.25) is 0 Å². The minimum Gasteiger partial charge on any atom is -0.493 e. The Morgan fingerprint density at radius 1 is 1.03 bits per heavy atom. The van der Waals surface area contributed by atoms with Gasteiger partial charge in [-0.1, -0.05) is 49.2 Å². The quantitative estimate of drug-likeness (QED) is 0.650. The summed E-state index contributed by atoms with van der Waals surface area (Å²) in [4.78, 5) is 0. The van der Waals surface area contributed by atoms with Crippen LogP contribution in [-0.2, 0) is 23.2 Å². The van der Waals surface area contributed by atoms with Crippen molar-refractivity contribution in [1.82, 2.24) is 5.32 Å². The highest BCUT2D eigenvalue weighted by molar-refractivity contribution is 5.64. The Morgan fingerprint density at radius 2 is 1.85 bits per heavy atom. The third kappa shape index (κ3) is 2.28. The fraction of sp³-hybridized carbons (Fsp3) is 0.600. The number of hydrogen-bond acceptors (Lipinski definition) is 4. The van der Waals surface area contributed by atoms with E-state index in [0.29, 0.717) is 18.6 Å². The monoisotopic (exact) mass is 457 g/mol. The summed E-state index contributed by atoms with van der Waals surface area (Å²) in [6, 6.07) is 15.8. The molecule has 1 saturated heterocycles. The van der Waals surface area contributed by atoms with E-state index in [9.17, 15) is 0 Å². The topological polar surface area (TPSA) is 39.7 Å². The van der Waals surface area contributed by atoms with Crippen molar-refractivity contribution in [3.05, 3.63) is 59.2 Å². The third-order valence-corrected chi connectivity index (χ3v) is 10.7. The molecule has 0 amide bonds. The van der Waals surface area contributed by atoms with Gasteiger partial charge < -0.3 is 19.5 Å². The van der Waals surface area contributed by atoms with Crippen molar-refractivity contribution < 1.29 is 14.2 Å². The fourth-order valence-corrected chi connectivity index (χ4v) is 9.39. The number of methoxy groups -OCH3 is 1. The maximum absolute atomic E-state index is 7.35. The molecule has 5 fully saturated rings. The van der Waals surface area contributed by atoms with E-state index in [4.69, 9.17) is 14.2 Å². The Morgan fingerprint density at radius 3 is 2.62 bits per heavy atom. The normalized spacial score (nSPS) is 40.6. The molecule has 9 rings (SSSR count). The summed E-state index contributed by atoms with van der Waals surface area (Å²) in [5.74, 6) is 3.35. The van der Waals surface area contributed by atoms with Gasteiger partial charge >= 0.3 is 0 Å². The second kappa shape index (κ2) is 6.79. The first-order valence-corrected chi connectivity index (χ1v) is 13.5. The molecule has 0 aromatic heterocycles. The zero-order valence-electron chi connectivity index (χ0n) is 20.1. The van der Waals surface area contributed by atoms with E-state index < -0.39 is 0 Å². The summed E-state index contributed by atoms with van der Waals surface area (Å²) < 4.78 is 20.4. The SMILES string of the molecule is COc1ccc2c3c1OC1C4CCC5(CC4)C(C2)NCC(CC2CC2)(OCc2ccccc2)C315. The summed E-state index contributed by atoms with van der Waals surface area (Å²) in [6.45, 7) is 1.61. The Hall–Kier alpha value is -2.04. The van der Waals surface area contributed by atoms with Crippen LogP contribution >= 0.6 is 0 Å². The average molecular weight is 458 g/mol. The molecular weight excluding hydrogens is 422 g/mol. The number of hydrogen-bond donors (Lipinski definition) is 1. The first-order chi connectivity index (χ1) is 16.7. The third-order valence-electron chi connectivity index (χ3n) is 10.7. The van der Waals surface area contributed by atoms with Gasteiger partial charge in [0.1, 0.15) is 6.10 Å². The van der Waals surface area contributed by atoms with Crippen LogP contribution < -0.4 is 14.8 Å². The average Bonchev–Trinajstić information content (AvgIpc) is 3.61. The Balaban J connectivity index is 1.38. The van der Waals surface area contributed by atoms with Crippen LogP contribution in [0.2, 0.25) is 0 Å². The summed E-state index contributed by atoms with van der Waals surface area (Å²) in [5.41, 5.74) is 4.10. The second-order valence-corrected chi connectivity index (χ2v) is 12.0. The Bertz CT molecular complexity index is 1140. The lowest BCUT2D eigenvalue weighted by atomic mass is 9.34. The summed E-state index contributed by atoms with van der Waals surface area (Å²) >= 11 is 0. The molecule has 4 unspecified atom stereocenters. The lowest BCUT2D eigenvalue weighted by Gasteiger charge is -2.73. The van der Waals surface area contributed by atoms with Gasteiger partial charge in [-0.15, -0.1) is 0 Å². The van der Waals surface area contributed by atoms with Crippen molar-refractivity contribution in [1.29, 1.82) is 0 Å². The van der Waals surface area contributed by atoms with Crippen LogP contribution in [0.1, 0.15) is 61.6 Å². The zero-order valence-corrected chi connectivity index (χ0v) is 20.1. The molecule has 34 heavy (non-hydrogen) atoms. The van der Waals surface area contributed by atoms with Crippen molar-refractivity contribution >= 4 is 0 Å². The van der Waals surface area contributed by atoms with Crippen molar-refractivity contribution in [3.63, 3.8) is 0 Å². The van der Waals surface area contributed by atoms with Crippen LogP contribution in [0.5, 0.6) is 11.5 Å². The number of nitrogens with one attached hydrogen (secondary N) is 1. The molecule has 4 saturated carbocycles. The molecule has 2 spiro atoms. The van der Waals surface area contributed by atoms with Gasteiger partial charge in [-0.2, -0.15) is 0 Å². The lowest BCUT2D eigenvalue weighted by molar-refractivity contribution is -0.257. The van der Waals surface area contributed by atoms with Gasteiger partial charge in [0.05, 0.1) is 24.7 Å². The van der Waals surface area contributed by atoms with Crippen LogP contribution in [0.3, 0.4) is 0 Å². The van der Waals surface area contributed by atoms with E-state index in [1.165, 1.54) is 55.2 Å². The van der Waals surface area contributed by atoms with Gasteiger partial charge in [0, 0.05) is 23.6 Å². The molecular formula is C30H35NO3. The highest BCUT2D eigenvalue weighted by atomic mass is 16.5. The van der Waals surface area contributed by atoms with E-state index in [1.807, 2.05) is 0 Å². The predicted octanol–water partition coefficient (Wildman–Crippen LogP) is 5.17. The highest BCUT2D eigenvalue weighted by Gasteiger charge is 2.81. The highest BCUT2D eigenvalue weighted by Crippen LogP contribution is 2.76. The van der Waals surface area contributed by atoms with E-state index in [2.05, 4.69) is 47.8 Å². The first-order valence-electron chi connectivity index (χ1n) is 13.5. The number of ether oxygens (including phenoxy) is 3. The minimum absolute atomic E-state index is 0.0775. The van der Waals surface area contributed by atoms with Crippen molar-refractivity contribution in [2.45, 2.75) is 81.1 Å². The Kier molecular flexibility index (Phi) is 4.03. The molecule has 1 N–H and O–H groups in total. The minimum atomic E-state index is -0.253. The molecule has 5 aliphatic carbocycles. The smallest absolute Gasteiger partial charge is 0.165 e. The van der Waals surface area contributed by atoms with Crippen LogP contribution in [0.15, 0.2) is 42.5 Å². The van der Waals surface area contributed by atoms with Gasteiger partial charge in [-0.25, -0.2) is 0 Å². The van der Waals surface area contributed by atoms with Crippen LogP contribution in [0, 0.1) is 17.3 Å². The van der Waals surface area contributed by atoms with Crippen molar-refractivity contribution in [2.75, 3.05) is 13.7 Å². The van der Waals surface area contributed by atoms with E-state index in [1.54, 1.807) is 7.11 Å². The molecule has 2 aromatic rings. The largest absolute Gasteiger partial charge is 0.493 e. The molecule has 4 bridgehead atoms. The number of benzene rings is 2. The van der Waals surface area contributed by atoms with Gasteiger partial charge in [-0.05, 0) is 67.6 Å². The number of piperidine rings is 1. The number of fused-ring (bicyclic) bond motifs is 2. The van der Waals surface area contributed by atoms with Gasteiger partial charge in [0.15, 0.2) is 11.5 Å². The maximum atomic E-state index is 7.35. The lowest BCUT2D eigenvalue weighted by Crippen LogP contribution is -2.83. The fourth-order valence-electron chi connectivity index (χ4n) is 9.39. The van der Waals surface area contributed by atoms with Crippen molar-refractivity contribution in [3.8, 4) is 11.5 Å². The summed E-state index contributed by atoms with van der Waals surface area (Å²) in [6.07, 6.45) is 10.3. The zero-order chi connectivity index (χ0) is 22.5. The molecule has 4 atom stereocenters.